The summed E-state index contributed by atoms with van der Waals surface area (Å²) in [5.74, 6) is 0. The molecule has 0 nitrogen and oxygen atoms in total. The van der Waals surface area contributed by atoms with Crippen LogP contribution >= 0.6 is 11.6 Å². The summed E-state index contributed by atoms with van der Waals surface area (Å²) in [6.45, 7) is 3.75. The maximum atomic E-state index is 5.93. The van der Waals surface area contributed by atoms with Gasteiger partial charge < -0.3 is 0 Å². The Morgan fingerprint density at radius 2 is 2.14 bits per heavy atom. The highest BCUT2D eigenvalue weighted by Crippen LogP contribution is 2.40. The van der Waals surface area contributed by atoms with Crippen LogP contribution in [0.1, 0.15) is 25.7 Å². The lowest BCUT2D eigenvalue weighted by Crippen LogP contribution is -2.28. The molecule has 1 heteroatoms. The zero-order valence-corrected chi connectivity index (χ0v) is 5.17. The van der Waals surface area contributed by atoms with E-state index in [0.29, 0.717) is 0 Å². The third-order valence-corrected chi connectivity index (χ3v) is 2.26. The van der Waals surface area contributed by atoms with E-state index in [1.165, 1.54) is 19.3 Å². The van der Waals surface area contributed by atoms with Crippen LogP contribution < -0.4 is 0 Å². The van der Waals surface area contributed by atoms with Gasteiger partial charge in [0.05, 0.1) is 0 Å². The van der Waals surface area contributed by atoms with Crippen molar-refractivity contribution in [1.82, 2.24) is 0 Å². The SMILES string of the molecule is [CH2]CC1(Cl)CCC1. The van der Waals surface area contributed by atoms with Gasteiger partial charge in [0.25, 0.3) is 0 Å². The summed E-state index contributed by atoms with van der Waals surface area (Å²) in [6, 6.07) is 0. The van der Waals surface area contributed by atoms with Crippen LogP contribution in [0.15, 0.2) is 0 Å². The van der Waals surface area contributed by atoms with Gasteiger partial charge in [-0.25, -0.2) is 0 Å². The van der Waals surface area contributed by atoms with Crippen molar-refractivity contribution < 1.29 is 0 Å². The van der Waals surface area contributed by atoms with E-state index in [2.05, 4.69) is 6.92 Å². The van der Waals surface area contributed by atoms with Crippen molar-refractivity contribution in [2.45, 2.75) is 30.6 Å². The standard InChI is InChI=1S/C6H10Cl/c1-2-6(7)4-3-5-6/h1-5H2. The van der Waals surface area contributed by atoms with Gasteiger partial charge in [-0.3, -0.25) is 0 Å². The molecule has 41 valence electrons. The highest BCUT2D eigenvalue weighted by atomic mass is 35.5. The van der Waals surface area contributed by atoms with Crippen molar-refractivity contribution >= 4 is 11.6 Å². The zero-order valence-electron chi connectivity index (χ0n) is 4.41. The Morgan fingerprint density at radius 3 is 2.14 bits per heavy atom. The molecule has 0 unspecified atom stereocenters. The van der Waals surface area contributed by atoms with E-state index in [-0.39, 0.29) is 4.87 Å². The summed E-state index contributed by atoms with van der Waals surface area (Å²) in [5.41, 5.74) is 0. The Hall–Kier alpha value is 0.290. The van der Waals surface area contributed by atoms with E-state index in [0.717, 1.165) is 6.42 Å². The Morgan fingerprint density at radius 1 is 1.57 bits per heavy atom. The number of halogens is 1. The first-order valence-corrected chi connectivity index (χ1v) is 3.13. The van der Waals surface area contributed by atoms with Crippen LogP contribution in [0.2, 0.25) is 0 Å². The molecule has 1 fully saturated rings. The molecular weight excluding hydrogens is 108 g/mol. The second kappa shape index (κ2) is 1.66. The van der Waals surface area contributed by atoms with Gasteiger partial charge in [-0.05, 0) is 25.7 Å². The van der Waals surface area contributed by atoms with Crippen molar-refractivity contribution in [3.05, 3.63) is 6.92 Å². The van der Waals surface area contributed by atoms with Gasteiger partial charge in [0.1, 0.15) is 0 Å². The normalized spacial score (nSPS) is 26.6. The lowest BCUT2D eigenvalue weighted by molar-refractivity contribution is 0.355. The Bertz CT molecular complexity index is 59.1. The molecule has 7 heavy (non-hydrogen) atoms. The summed E-state index contributed by atoms with van der Waals surface area (Å²) in [5, 5.41) is 0. The average molecular weight is 118 g/mol. The molecule has 0 saturated heterocycles. The number of hydrogen-bond acceptors (Lipinski definition) is 0. The summed E-state index contributed by atoms with van der Waals surface area (Å²) < 4.78 is 0. The second-order valence-electron chi connectivity index (χ2n) is 2.25. The lowest BCUT2D eigenvalue weighted by atomic mass is 9.82. The van der Waals surface area contributed by atoms with Crippen LogP contribution in [-0.2, 0) is 0 Å². The van der Waals surface area contributed by atoms with Gasteiger partial charge in [-0.1, -0.05) is 6.92 Å². The van der Waals surface area contributed by atoms with Crippen LogP contribution in [0.25, 0.3) is 0 Å². The maximum Gasteiger partial charge on any atom is 0.0446 e. The van der Waals surface area contributed by atoms with Gasteiger partial charge in [0, 0.05) is 4.87 Å². The van der Waals surface area contributed by atoms with Crippen molar-refractivity contribution in [2.24, 2.45) is 0 Å². The second-order valence-corrected chi connectivity index (χ2v) is 3.06. The molecule has 0 aromatic carbocycles. The minimum atomic E-state index is 0.125. The molecule has 0 spiro atoms. The van der Waals surface area contributed by atoms with Crippen LogP contribution in [-0.4, -0.2) is 4.87 Å². The highest BCUT2D eigenvalue weighted by Gasteiger charge is 2.31. The van der Waals surface area contributed by atoms with Gasteiger partial charge in [0.15, 0.2) is 0 Å². The van der Waals surface area contributed by atoms with Crippen LogP contribution in [0.5, 0.6) is 0 Å². The topological polar surface area (TPSA) is 0 Å². The highest BCUT2D eigenvalue weighted by molar-refractivity contribution is 6.24. The van der Waals surface area contributed by atoms with Crippen LogP contribution in [0, 0.1) is 6.92 Å². The molecule has 0 bridgehead atoms. The average Bonchev–Trinajstić information content (AvgIpc) is 1.61. The third-order valence-electron chi connectivity index (χ3n) is 1.70. The molecule has 0 atom stereocenters. The van der Waals surface area contributed by atoms with Crippen molar-refractivity contribution in [3.63, 3.8) is 0 Å². The largest absolute Gasteiger partial charge is 0.119 e. The van der Waals surface area contributed by atoms with E-state index in [9.17, 15) is 0 Å². The fourth-order valence-electron chi connectivity index (χ4n) is 0.810. The predicted octanol–water partition coefficient (Wildman–Crippen LogP) is 2.37. The summed E-state index contributed by atoms with van der Waals surface area (Å²) in [7, 11) is 0. The van der Waals surface area contributed by atoms with E-state index >= 15 is 0 Å². The third kappa shape index (κ3) is 0.908. The van der Waals surface area contributed by atoms with Gasteiger partial charge in [-0.15, -0.1) is 11.6 Å². The first-order valence-electron chi connectivity index (χ1n) is 2.75. The van der Waals surface area contributed by atoms with Crippen LogP contribution in [0.4, 0.5) is 0 Å². The van der Waals surface area contributed by atoms with Gasteiger partial charge in [0.2, 0.25) is 0 Å². The summed E-state index contributed by atoms with van der Waals surface area (Å²) in [6.07, 6.45) is 4.56. The van der Waals surface area contributed by atoms with E-state index < -0.39 is 0 Å². The van der Waals surface area contributed by atoms with Crippen molar-refractivity contribution in [2.75, 3.05) is 0 Å². The van der Waals surface area contributed by atoms with Crippen molar-refractivity contribution in [1.29, 1.82) is 0 Å². The Kier molecular flexibility index (Phi) is 1.29. The smallest absolute Gasteiger partial charge is 0.0446 e. The molecule has 0 aromatic rings. The van der Waals surface area contributed by atoms with Gasteiger partial charge in [-0.2, -0.15) is 0 Å². The zero-order chi connectivity index (χ0) is 5.33. The van der Waals surface area contributed by atoms with Crippen molar-refractivity contribution in [3.8, 4) is 0 Å². The fraction of sp³-hybridized carbons (Fsp3) is 0.833. The molecule has 0 N–H and O–H groups in total. The first kappa shape index (κ1) is 5.43. The van der Waals surface area contributed by atoms with E-state index in [4.69, 9.17) is 11.6 Å². The van der Waals surface area contributed by atoms with E-state index in [1.54, 1.807) is 0 Å². The minimum Gasteiger partial charge on any atom is -0.119 e. The molecular formula is C6H10Cl. The minimum absolute atomic E-state index is 0.125. The molecule has 0 aromatic heterocycles. The maximum absolute atomic E-state index is 5.93. The molecule has 0 amide bonds. The molecule has 1 rings (SSSR count). The number of rotatable bonds is 1. The predicted molar refractivity (Wildman–Crippen MR) is 32.4 cm³/mol. The molecule has 1 radical (unpaired) electrons. The molecule has 0 heterocycles. The quantitative estimate of drug-likeness (QED) is 0.463. The molecule has 1 saturated carbocycles. The summed E-state index contributed by atoms with van der Waals surface area (Å²) >= 11 is 5.93. The first-order chi connectivity index (χ1) is 3.27. The monoisotopic (exact) mass is 117 g/mol. The number of hydrogen-bond donors (Lipinski definition) is 0. The molecule has 1 aliphatic carbocycles. The fourth-order valence-corrected chi connectivity index (χ4v) is 1.08. The Balaban J connectivity index is 2.29. The Labute approximate surface area is 49.9 Å². The molecule has 1 aliphatic rings. The summed E-state index contributed by atoms with van der Waals surface area (Å²) in [4.78, 5) is 0.125. The van der Waals surface area contributed by atoms with Gasteiger partial charge >= 0.3 is 0 Å². The lowest BCUT2D eigenvalue weighted by Gasteiger charge is -2.34. The number of alkyl halides is 1. The van der Waals surface area contributed by atoms with E-state index in [1.807, 2.05) is 0 Å². The molecule has 0 aliphatic heterocycles. The van der Waals surface area contributed by atoms with Crippen LogP contribution in [0.3, 0.4) is 0 Å².